The third kappa shape index (κ3) is 4.25. The minimum atomic E-state index is 0.567. The van der Waals surface area contributed by atoms with E-state index in [1.54, 1.807) is 6.33 Å². The summed E-state index contributed by atoms with van der Waals surface area (Å²) in [6.07, 6.45) is 1.56. The van der Waals surface area contributed by atoms with Crippen molar-refractivity contribution in [3.8, 4) is 0 Å². The minimum Gasteiger partial charge on any atom is -0.393 e. The Morgan fingerprint density at radius 3 is 2.39 bits per heavy atom. The van der Waals surface area contributed by atoms with Gasteiger partial charge in [-0.25, -0.2) is 9.97 Å². The lowest BCUT2D eigenvalue weighted by Gasteiger charge is -2.37. The number of rotatable bonds is 4. The van der Waals surface area contributed by atoms with Crippen LogP contribution in [0.4, 0.5) is 28.7 Å². The van der Waals surface area contributed by atoms with Crippen LogP contribution in [0, 0.1) is 3.57 Å². The molecule has 144 valence electrons. The van der Waals surface area contributed by atoms with Crippen LogP contribution in [0.5, 0.6) is 0 Å². The molecule has 2 aromatic carbocycles. The summed E-state index contributed by atoms with van der Waals surface area (Å²) in [5.74, 6) is 1.40. The van der Waals surface area contributed by atoms with Crippen LogP contribution in [-0.2, 0) is 0 Å². The average Bonchev–Trinajstić information content (AvgIpc) is 2.71. The molecular formula is C20H20ClIN6. The summed E-state index contributed by atoms with van der Waals surface area (Å²) in [4.78, 5) is 13.3. The van der Waals surface area contributed by atoms with Gasteiger partial charge >= 0.3 is 0 Å². The molecule has 4 rings (SSSR count). The lowest BCUT2D eigenvalue weighted by molar-refractivity contribution is 0.647. The number of nitrogens with zero attached hydrogens (tertiary/aromatic N) is 4. The molecule has 1 aliphatic heterocycles. The summed E-state index contributed by atoms with van der Waals surface area (Å²) in [6.45, 7) is 3.42. The number of nitrogens with two attached hydrogens (primary N) is 1. The van der Waals surface area contributed by atoms with Gasteiger partial charge < -0.3 is 20.9 Å². The van der Waals surface area contributed by atoms with Crippen LogP contribution < -0.4 is 20.9 Å². The van der Waals surface area contributed by atoms with E-state index in [-0.39, 0.29) is 0 Å². The van der Waals surface area contributed by atoms with Crippen LogP contribution >= 0.6 is 34.2 Å². The zero-order valence-electron chi connectivity index (χ0n) is 15.1. The predicted octanol–water partition coefficient (Wildman–Crippen LogP) is 4.39. The summed E-state index contributed by atoms with van der Waals surface area (Å²) in [5.41, 5.74) is 9.05. The number of anilines is 5. The molecule has 0 unspecified atom stereocenters. The van der Waals surface area contributed by atoms with Crippen molar-refractivity contribution < 1.29 is 0 Å². The van der Waals surface area contributed by atoms with Crippen LogP contribution in [0.15, 0.2) is 54.9 Å². The Hall–Kier alpha value is -2.26. The van der Waals surface area contributed by atoms with Gasteiger partial charge in [0.05, 0.1) is 0 Å². The van der Waals surface area contributed by atoms with Crippen molar-refractivity contribution in [2.24, 2.45) is 0 Å². The molecule has 0 bridgehead atoms. The van der Waals surface area contributed by atoms with Crippen molar-refractivity contribution in [3.63, 3.8) is 0 Å². The second-order valence-corrected chi connectivity index (χ2v) is 8.23. The number of halogens is 2. The summed E-state index contributed by atoms with van der Waals surface area (Å²) < 4.78 is 1.18. The molecule has 28 heavy (non-hydrogen) atoms. The zero-order valence-corrected chi connectivity index (χ0v) is 18.1. The van der Waals surface area contributed by atoms with Gasteiger partial charge in [0.25, 0.3) is 0 Å². The minimum absolute atomic E-state index is 0.567. The van der Waals surface area contributed by atoms with E-state index < -0.39 is 0 Å². The Morgan fingerprint density at radius 1 is 0.964 bits per heavy atom. The van der Waals surface area contributed by atoms with Gasteiger partial charge in [0.15, 0.2) is 11.6 Å². The number of hydrogen-bond donors (Lipinski definition) is 2. The smallest absolute Gasteiger partial charge is 0.159 e. The fourth-order valence-corrected chi connectivity index (χ4v) is 3.80. The molecule has 3 N–H and O–H groups in total. The molecule has 0 saturated carbocycles. The van der Waals surface area contributed by atoms with Crippen molar-refractivity contribution in [2.75, 3.05) is 47.0 Å². The monoisotopic (exact) mass is 506 g/mol. The number of benzene rings is 2. The van der Waals surface area contributed by atoms with Gasteiger partial charge in [-0.2, -0.15) is 0 Å². The van der Waals surface area contributed by atoms with Crippen molar-refractivity contribution in [1.82, 2.24) is 9.97 Å². The Balaban J connectivity index is 1.47. The number of nitrogen functional groups attached to an aromatic ring is 1. The van der Waals surface area contributed by atoms with E-state index in [4.69, 9.17) is 17.3 Å². The highest BCUT2D eigenvalue weighted by molar-refractivity contribution is 14.1. The highest BCUT2D eigenvalue weighted by Crippen LogP contribution is 2.30. The van der Waals surface area contributed by atoms with Gasteiger partial charge in [-0.15, -0.1) is 0 Å². The fraction of sp³-hybridized carbons (Fsp3) is 0.200. The molecule has 1 aromatic heterocycles. The maximum absolute atomic E-state index is 6.40. The molecule has 0 atom stereocenters. The first-order valence-electron chi connectivity index (χ1n) is 8.99. The van der Waals surface area contributed by atoms with Crippen LogP contribution in [-0.4, -0.2) is 36.1 Å². The first-order chi connectivity index (χ1) is 13.6. The second kappa shape index (κ2) is 8.40. The maximum Gasteiger partial charge on any atom is 0.159 e. The number of hydrogen-bond acceptors (Lipinski definition) is 6. The van der Waals surface area contributed by atoms with Crippen molar-refractivity contribution >= 4 is 62.9 Å². The third-order valence-corrected chi connectivity index (χ3v) is 5.68. The standard InChI is InChI=1S/C20H20ClIN6/c21-14-2-1-3-17(12-14)27-8-10-28(11-9-27)20-18(23)19(24-13-25-20)26-16-6-4-15(22)5-7-16/h1-7,12-13H,8-11,23H2,(H,24,25,26). The van der Waals surface area contributed by atoms with E-state index in [9.17, 15) is 0 Å². The molecule has 1 saturated heterocycles. The highest BCUT2D eigenvalue weighted by atomic mass is 127. The molecular weight excluding hydrogens is 487 g/mol. The molecule has 0 aliphatic carbocycles. The number of aromatic nitrogens is 2. The van der Waals surface area contributed by atoms with E-state index in [1.165, 1.54) is 3.57 Å². The van der Waals surface area contributed by atoms with E-state index in [0.717, 1.165) is 48.4 Å². The van der Waals surface area contributed by atoms with Gasteiger partial charge in [-0.3, -0.25) is 0 Å². The van der Waals surface area contributed by atoms with Crippen LogP contribution in [0.2, 0.25) is 5.02 Å². The first-order valence-corrected chi connectivity index (χ1v) is 10.4. The molecule has 1 aliphatic rings. The fourth-order valence-electron chi connectivity index (χ4n) is 3.26. The Bertz CT molecular complexity index is 957. The third-order valence-electron chi connectivity index (χ3n) is 4.72. The van der Waals surface area contributed by atoms with Gasteiger partial charge in [0, 0.05) is 46.1 Å². The summed E-state index contributed by atoms with van der Waals surface area (Å²) in [7, 11) is 0. The van der Waals surface area contributed by atoms with Gasteiger partial charge in [0.1, 0.15) is 12.0 Å². The maximum atomic E-state index is 6.40. The molecule has 2 heterocycles. The topological polar surface area (TPSA) is 70.3 Å². The Labute approximate surface area is 182 Å². The van der Waals surface area contributed by atoms with E-state index in [1.807, 2.05) is 42.5 Å². The summed E-state index contributed by atoms with van der Waals surface area (Å²) >= 11 is 8.40. The van der Waals surface area contributed by atoms with Crippen molar-refractivity contribution in [2.45, 2.75) is 0 Å². The van der Waals surface area contributed by atoms with Crippen molar-refractivity contribution in [3.05, 3.63) is 63.5 Å². The molecule has 0 amide bonds. The molecule has 6 nitrogen and oxygen atoms in total. The SMILES string of the molecule is Nc1c(Nc2ccc(I)cc2)ncnc1N1CCN(c2cccc(Cl)c2)CC1. The predicted molar refractivity (Wildman–Crippen MR) is 125 cm³/mol. The quantitative estimate of drug-likeness (QED) is 0.512. The van der Waals surface area contributed by atoms with Gasteiger partial charge in [-0.1, -0.05) is 17.7 Å². The largest absolute Gasteiger partial charge is 0.393 e. The van der Waals surface area contributed by atoms with Crippen molar-refractivity contribution in [1.29, 1.82) is 0 Å². The lowest BCUT2D eigenvalue weighted by Crippen LogP contribution is -2.47. The van der Waals surface area contributed by atoms with Gasteiger partial charge in [0.2, 0.25) is 0 Å². The van der Waals surface area contributed by atoms with E-state index >= 15 is 0 Å². The zero-order chi connectivity index (χ0) is 19.5. The first kappa shape index (κ1) is 19.1. The Kier molecular flexibility index (Phi) is 5.72. The summed E-state index contributed by atoms with van der Waals surface area (Å²) in [6, 6.07) is 16.1. The highest BCUT2D eigenvalue weighted by Gasteiger charge is 2.21. The number of piperazine rings is 1. The van der Waals surface area contributed by atoms with E-state index in [2.05, 4.69) is 53.7 Å². The molecule has 0 radical (unpaired) electrons. The normalized spacial score (nSPS) is 14.2. The average molecular weight is 507 g/mol. The van der Waals surface area contributed by atoms with E-state index in [0.29, 0.717) is 11.5 Å². The summed E-state index contributed by atoms with van der Waals surface area (Å²) in [5, 5.41) is 4.04. The lowest BCUT2D eigenvalue weighted by atomic mass is 10.2. The van der Waals surface area contributed by atoms with Crippen LogP contribution in [0.3, 0.4) is 0 Å². The molecule has 3 aromatic rings. The molecule has 0 spiro atoms. The Morgan fingerprint density at radius 2 is 1.68 bits per heavy atom. The van der Waals surface area contributed by atoms with Crippen LogP contribution in [0.1, 0.15) is 0 Å². The van der Waals surface area contributed by atoms with Gasteiger partial charge in [-0.05, 0) is 65.1 Å². The van der Waals surface area contributed by atoms with Crippen LogP contribution in [0.25, 0.3) is 0 Å². The second-order valence-electron chi connectivity index (χ2n) is 6.55. The molecule has 8 heteroatoms. The number of nitrogens with one attached hydrogen (secondary N) is 1. The molecule has 1 fully saturated rings.